The van der Waals surface area contributed by atoms with Gasteiger partial charge in [-0.1, -0.05) is 12.0 Å². The summed E-state index contributed by atoms with van der Waals surface area (Å²) >= 11 is 0. The number of terminal acetylenes is 1. The topological polar surface area (TPSA) is 88.8 Å². The summed E-state index contributed by atoms with van der Waals surface area (Å²) in [6.45, 7) is 2.47. The molecule has 4 fully saturated rings. The van der Waals surface area contributed by atoms with E-state index in [0.29, 0.717) is 65.1 Å². The predicted molar refractivity (Wildman–Crippen MR) is 170 cm³/mol. The number of piperazine rings is 1. The van der Waals surface area contributed by atoms with E-state index in [4.69, 9.17) is 26.6 Å². The Hall–Kier alpha value is -4.27. The van der Waals surface area contributed by atoms with Crippen LogP contribution in [0.4, 0.5) is 24.7 Å². The van der Waals surface area contributed by atoms with Gasteiger partial charge in [-0.2, -0.15) is 9.97 Å². The summed E-state index contributed by atoms with van der Waals surface area (Å²) in [6.07, 6.45) is 9.08. The molecular formula is C35H33F3N6O2. The molecule has 8 nitrogen and oxygen atoms in total. The Kier molecular flexibility index (Phi) is 6.15. The molecule has 5 aliphatic heterocycles. The van der Waals surface area contributed by atoms with E-state index in [9.17, 15) is 8.78 Å². The SMILES string of the molecule is C#Cc1c(F)ccc2cc(N)cc(-c3cc4c5c(nc(OCC67CCCN6CC(F)C7)nc5c3F)N3CC5CCC(N5)C3CO4)c12. The Labute approximate surface area is 264 Å². The number of rotatable bonds is 4. The lowest BCUT2D eigenvalue weighted by molar-refractivity contribution is 0.107. The molecule has 5 unspecified atom stereocenters. The Morgan fingerprint density at radius 1 is 1.13 bits per heavy atom. The minimum atomic E-state index is -0.909. The molecule has 11 heteroatoms. The van der Waals surface area contributed by atoms with Crippen LogP contribution < -0.4 is 25.4 Å². The van der Waals surface area contributed by atoms with Crippen molar-refractivity contribution in [3.05, 3.63) is 47.5 Å². The minimum absolute atomic E-state index is 0.0218. The van der Waals surface area contributed by atoms with Gasteiger partial charge in [0.2, 0.25) is 0 Å². The molecule has 0 spiro atoms. The monoisotopic (exact) mass is 626 g/mol. The molecule has 6 heterocycles. The van der Waals surface area contributed by atoms with Gasteiger partial charge in [-0.25, -0.2) is 13.2 Å². The van der Waals surface area contributed by atoms with Crippen molar-refractivity contribution in [2.24, 2.45) is 0 Å². The van der Waals surface area contributed by atoms with E-state index in [-0.39, 0.29) is 47.4 Å². The van der Waals surface area contributed by atoms with Crippen LogP contribution in [-0.2, 0) is 0 Å². The number of ether oxygens (including phenoxy) is 2. The number of nitrogens with one attached hydrogen (secondary N) is 1. The van der Waals surface area contributed by atoms with Gasteiger partial charge in [0, 0.05) is 48.2 Å². The Bertz CT molecular complexity index is 1980. The highest BCUT2D eigenvalue weighted by atomic mass is 19.1. The van der Waals surface area contributed by atoms with Gasteiger partial charge in [-0.05, 0) is 67.4 Å². The van der Waals surface area contributed by atoms with Crippen molar-refractivity contribution in [2.75, 3.05) is 43.5 Å². The van der Waals surface area contributed by atoms with Crippen LogP contribution in [0.1, 0.15) is 37.7 Å². The number of benzene rings is 3. The van der Waals surface area contributed by atoms with E-state index >= 15 is 4.39 Å². The molecule has 2 bridgehead atoms. The van der Waals surface area contributed by atoms with Gasteiger partial charge >= 0.3 is 6.01 Å². The zero-order valence-corrected chi connectivity index (χ0v) is 25.2. The average molecular weight is 627 g/mol. The van der Waals surface area contributed by atoms with Crippen molar-refractivity contribution in [1.29, 1.82) is 0 Å². The van der Waals surface area contributed by atoms with E-state index in [1.807, 2.05) is 0 Å². The molecule has 3 aromatic carbocycles. The van der Waals surface area contributed by atoms with Gasteiger partial charge in [0.25, 0.3) is 0 Å². The molecule has 3 N–H and O–H groups in total. The van der Waals surface area contributed by atoms with Crippen molar-refractivity contribution in [2.45, 2.75) is 61.9 Å². The molecule has 0 aliphatic carbocycles. The van der Waals surface area contributed by atoms with E-state index < -0.39 is 23.3 Å². The zero-order valence-electron chi connectivity index (χ0n) is 25.2. The maximum Gasteiger partial charge on any atom is 0.319 e. The van der Waals surface area contributed by atoms with Crippen LogP contribution >= 0.6 is 0 Å². The molecule has 0 saturated carbocycles. The number of aromatic nitrogens is 2. The Balaban J connectivity index is 1.25. The number of halogens is 3. The lowest BCUT2D eigenvalue weighted by Gasteiger charge is -2.40. The number of hydrogen-bond donors (Lipinski definition) is 2. The molecule has 4 saturated heterocycles. The summed E-state index contributed by atoms with van der Waals surface area (Å²) in [4.78, 5) is 14.0. The third-order valence-electron chi connectivity index (χ3n) is 10.8. The second-order valence-corrected chi connectivity index (χ2v) is 13.5. The lowest BCUT2D eigenvalue weighted by atomic mass is 9.92. The number of fused-ring (bicyclic) bond motifs is 7. The van der Waals surface area contributed by atoms with Gasteiger partial charge in [0.1, 0.15) is 42.3 Å². The van der Waals surface area contributed by atoms with E-state index in [0.717, 1.165) is 32.2 Å². The van der Waals surface area contributed by atoms with Crippen molar-refractivity contribution >= 4 is 33.2 Å². The molecule has 4 aromatic rings. The first kappa shape index (κ1) is 28.0. The molecule has 9 rings (SSSR count). The van der Waals surface area contributed by atoms with Gasteiger partial charge in [0.05, 0.1) is 22.5 Å². The highest BCUT2D eigenvalue weighted by Crippen LogP contribution is 2.47. The number of nitrogen functional groups attached to an aromatic ring is 1. The minimum Gasteiger partial charge on any atom is -0.491 e. The molecule has 0 radical (unpaired) electrons. The number of nitrogens with zero attached hydrogens (tertiary/aromatic N) is 4. The zero-order chi connectivity index (χ0) is 31.3. The quantitative estimate of drug-likeness (QED) is 0.243. The highest BCUT2D eigenvalue weighted by Gasteiger charge is 2.50. The molecule has 1 aromatic heterocycles. The third-order valence-corrected chi connectivity index (χ3v) is 10.8. The summed E-state index contributed by atoms with van der Waals surface area (Å²) in [5.74, 6) is 2.20. The first-order valence-electron chi connectivity index (χ1n) is 16.0. The van der Waals surface area contributed by atoms with Crippen molar-refractivity contribution in [3.63, 3.8) is 0 Å². The smallest absolute Gasteiger partial charge is 0.319 e. The second-order valence-electron chi connectivity index (χ2n) is 13.5. The van der Waals surface area contributed by atoms with Crippen molar-refractivity contribution in [1.82, 2.24) is 20.2 Å². The molecule has 5 aliphatic rings. The predicted octanol–water partition coefficient (Wildman–Crippen LogP) is 4.95. The molecule has 5 atom stereocenters. The van der Waals surface area contributed by atoms with Crippen LogP contribution in [0.25, 0.3) is 32.8 Å². The molecule has 0 amide bonds. The summed E-state index contributed by atoms with van der Waals surface area (Å²) in [7, 11) is 0. The van der Waals surface area contributed by atoms with E-state index in [1.165, 1.54) is 6.07 Å². The van der Waals surface area contributed by atoms with Crippen molar-refractivity contribution < 1.29 is 22.6 Å². The number of alkyl halides is 1. The summed E-state index contributed by atoms with van der Waals surface area (Å²) < 4.78 is 59.4. The average Bonchev–Trinajstić information content (AvgIpc) is 3.68. The Morgan fingerprint density at radius 3 is 2.89 bits per heavy atom. The molecule has 46 heavy (non-hydrogen) atoms. The number of hydrogen-bond acceptors (Lipinski definition) is 8. The van der Waals surface area contributed by atoms with Crippen LogP contribution in [-0.4, -0.2) is 77.6 Å². The lowest BCUT2D eigenvalue weighted by Crippen LogP contribution is -2.60. The van der Waals surface area contributed by atoms with Crippen LogP contribution in [0.3, 0.4) is 0 Å². The first-order valence-corrected chi connectivity index (χ1v) is 16.0. The normalized spacial score (nSPS) is 28.2. The first-order chi connectivity index (χ1) is 22.3. The molecule has 236 valence electrons. The second kappa shape index (κ2) is 10.1. The fraction of sp³-hybridized carbons (Fsp3) is 0.429. The summed E-state index contributed by atoms with van der Waals surface area (Å²) in [5, 5.41) is 5.12. The highest BCUT2D eigenvalue weighted by molar-refractivity contribution is 6.06. The maximum absolute atomic E-state index is 17.1. The largest absolute Gasteiger partial charge is 0.491 e. The van der Waals surface area contributed by atoms with Crippen LogP contribution in [0.15, 0.2) is 30.3 Å². The van der Waals surface area contributed by atoms with Gasteiger partial charge < -0.3 is 25.4 Å². The Morgan fingerprint density at radius 2 is 2.02 bits per heavy atom. The van der Waals surface area contributed by atoms with Gasteiger partial charge in [-0.15, -0.1) is 6.42 Å². The molecular weight excluding hydrogens is 593 g/mol. The number of anilines is 2. The summed E-state index contributed by atoms with van der Waals surface area (Å²) in [6, 6.07) is 8.26. The van der Waals surface area contributed by atoms with Crippen LogP contribution in [0.5, 0.6) is 11.8 Å². The fourth-order valence-electron chi connectivity index (χ4n) is 8.77. The van der Waals surface area contributed by atoms with Crippen LogP contribution in [0, 0.1) is 24.0 Å². The van der Waals surface area contributed by atoms with Crippen molar-refractivity contribution in [3.8, 4) is 35.2 Å². The third kappa shape index (κ3) is 4.09. The van der Waals surface area contributed by atoms with E-state index in [2.05, 4.69) is 26.0 Å². The standard InChI is InChI=1S/C35H33F3N6O2/c1-2-22-25(37)6-4-18-10-20(39)11-23(29(18)22)24-12-28-30-32(31(24)38)41-34(46-17-35-8-3-9-43(35)14-19(36)13-35)42-33(30)44-15-21-5-7-26(40-21)27(44)16-45-28/h1,4,6,10-12,19,21,26-27,40H,3,5,7-9,13-17,39H2. The van der Waals surface area contributed by atoms with E-state index in [1.54, 1.807) is 24.3 Å². The van der Waals surface area contributed by atoms with Gasteiger partial charge in [-0.3, -0.25) is 4.90 Å². The maximum atomic E-state index is 17.1. The number of nitrogens with two attached hydrogens (primary N) is 1. The summed E-state index contributed by atoms with van der Waals surface area (Å²) in [5.41, 5.74) is 6.76. The van der Waals surface area contributed by atoms with Gasteiger partial charge in [0.15, 0.2) is 5.82 Å². The van der Waals surface area contributed by atoms with Crippen LogP contribution in [0.2, 0.25) is 0 Å². The fourth-order valence-corrected chi connectivity index (χ4v) is 8.77.